The number of rotatable bonds is 4. The van der Waals surface area contributed by atoms with Crippen LogP contribution in [0.25, 0.3) is 0 Å². The van der Waals surface area contributed by atoms with Crippen LogP contribution < -0.4 is 9.64 Å². The molecule has 0 aliphatic heterocycles. The Morgan fingerprint density at radius 3 is 2.45 bits per heavy atom. The van der Waals surface area contributed by atoms with Crippen molar-refractivity contribution in [1.82, 2.24) is 4.98 Å². The number of ether oxygens (including phenoxy) is 1. The van der Waals surface area contributed by atoms with Gasteiger partial charge in [-0.2, -0.15) is 0 Å². The number of aromatic carboxylic acids is 1. The van der Waals surface area contributed by atoms with Gasteiger partial charge in [-0.15, -0.1) is 0 Å². The third-order valence-corrected chi connectivity index (χ3v) is 3.06. The number of benzene rings is 1. The maximum Gasteiger partial charge on any atom is 0.339 e. The largest absolute Gasteiger partial charge is 0.497 e. The minimum Gasteiger partial charge on any atom is -0.497 e. The molecule has 0 saturated carbocycles. The summed E-state index contributed by atoms with van der Waals surface area (Å²) in [7, 11) is 3.31. The summed E-state index contributed by atoms with van der Waals surface area (Å²) in [6.07, 6.45) is 0. The average molecular weight is 293 g/mol. The summed E-state index contributed by atoms with van der Waals surface area (Å²) in [5.41, 5.74) is 0.871. The van der Waals surface area contributed by atoms with Gasteiger partial charge in [0.05, 0.1) is 7.11 Å². The molecule has 0 fully saturated rings. The Morgan fingerprint density at radius 1 is 1.25 bits per heavy atom. The average Bonchev–Trinajstić information content (AvgIpc) is 2.46. The van der Waals surface area contributed by atoms with E-state index in [4.69, 9.17) is 16.3 Å². The molecule has 5 nitrogen and oxygen atoms in total. The number of methoxy groups -OCH3 is 1. The predicted molar refractivity (Wildman–Crippen MR) is 77.3 cm³/mol. The normalized spacial score (nSPS) is 10.2. The Balaban J connectivity index is 2.43. The lowest BCUT2D eigenvalue weighted by molar-refractivity contribution is 0.0697. The highest BCUT2D eigenvalue weighted by atomic mass is 35.5. The van der Waals surface area contributed by atoms with Gasteiger partial charge in [0.15, 0.2) is 0 Å². The van der Waals surface area contributed by atoms with Crippen LogP contribution in [-0.4, -0.2) is 30.2 Å². The maximum absolute atomic E-state index is 11.2. The smallest absolute Gasteiger partial charge is 0.339 e. The summed E-state index contributed by atoms with van der Waals surface area (Å²) >= 11 is 5.85. The number of carbonyl (C=O) groups is 1. The van der Waals surface area contributed by atoms with Crippen molar-refractivity contribution in [1.29, 1.82) is 0 Å². The molecule has 6 heteroatoms. The van der Waals surface area contributed by atoms with E-state index in [2.05, 4.69) is 4.98 Å². The molecule has 0 saturated heterocycles. The fourth-order valence-corrected chi connectivity index (χ4v) is 1.92. The van der Waals surface area contributed by atoms with Crippen molar-refractivity contribution in [3.8, 4) is 5.75 Å². The highest BCUT2D eigenvalue weighted by molar-refractivity contribution is 6.29. The first-order valence-corrected chi connectivity index (χ1v) is 6.18. The Hall–Kier alpha value is -2.27. The Morgan fingerprint density at radius 2 is 1.90 bits per heavy atom. The van der Waals surface area contributed by atoms with Crippen LogP contribution in [0.5, 0.6) is 5.75 Å². The second-order valence-corrected chi connectivity index (χ2v) is 4.45. The number of nitrogens with zero attached hydrogens (tertiary/aromatic N) is 2. The molecule has 0 aliphatic rings. The molecule has 1 N–H and O–H groups in total. The van der Waals surface area contributed by atoms with Crippen LogP contribution in [0.15, 0.2) is 36.4 Å². The number of halogens is 1. The van der Waals surface area contributed by atoms with Crippen LogP contribution in [0.1, 0.15) is 10.4 Å². The molecule has 0 atom stereocenters. The first kappa shape index (κ1) is 14.1. The summed E-state index contributed by atoms with van der Waals surface area (Å²) < 4.78 is 5.09. The molecule has 1 aromatic carbocycles. The van der Waals surface area contributed by atoms with Crippen LogP contribution >= 0.6 is 11.6 Å². The van der Waals surface area contributed by atoms with Crippen molar-refractivity contribution in [3.05, 3.63) is 47.1 Å². The van der Waals surface area contributed by atoms with Gasteiger partial charge in [-0.3, -0.25) is 0 Å². The monoisotopic (exact) mass is 292 g/mol. The summed E-state index contributed by atoms with van der Waals surface area (Å²) in [5.74, 6) is -0.0423. The molecule has 0 amide bonds. The van der Waals surface area contributed by atoms with Crippen molar-refractivity contribution in [2.45, 2.75) is 0 Å². The molecule has 0 unspecified atom stereocenters. The van der Waals surface area contributed by atoms with Gasteiger partial charge in [-0.05, 0) is 36.4 Å². The molecule has 104 valence electrons. The summed E-state index contributed by atoms with van der Waals surface area (Å²) in [4.78, 5) is 17.0. The lowest BCUT2D eigenvalue weighted by Gasteiger charge is -2.20. The molecular weight excluding hydrogens is 280 g/mol. The Bertz CT molecular complexity index is 629. The number of carboxylic acids is 1. The molecule has 2 aromatic rings. The zero-order valence-corrected chi connectivity index (χ0v) is 11.8. The molecule has 0 spiro atoms. The van der Waals surface area contributed by atoms with Crippen molar-refractivity contribution >= 4 is 29.1 Å². The second-order valence-electron chi connectivity index (χ2n) is 4.07. The third-order valence-electron chi connectivity index (χ3n) is 2.85. The van der Waals surface area contributed by atoms with E-state index < -0.39 is 5.97 Å². The fourth-order valence-electron chi connectivity index (χ4n) is 1.78. The number of anilines is 2. The first-order chi connectivity index (χ1) is 9.52. The lowest BCUT2D eigenvalue weighted by Crippen LogP contribution is -2.15. The highest BCUT2D eigenvalue weighted by Crippen LogP contribution is 2.28. The van der Waals surface area contributed by atoms with Gasteiger partial charge in [-0.1, -0.05) is 11.6 Å². The van der Waals surface area contributed by atoms with Crippen LogP contribution in [-0.2, 0) is 0 Å². The van der Waals surface area contributed by atoms with E-state index in [-0.39, 0.29) is 16.5 Å². The molecule has 20 heavy (non-hydrogen) atoms. The summed E-state index contributed by atoms with van der Waals surface area (Å²) in [5, 5.41) is 9.45. The maximum atomic E-state index is 11.2. The van der Waals surface area contributed by atoms with Gasteiger partial charge < -0.3 is 14.7 Å². The minimum atomic E-state index is -1.05. The van der Waals surface area contributed by atoms with Gasteiger partial charge in [0.2, 0.25) is 0 Å². The summed E-state index contributed by atoms with van der Waals surface area (Å²) in [6.45, 7) is 0. The van der Waals surface area contributed by atoms with Crippen LogP contribution in [0.3, 0.4) is 0 Å². The van der Waals surface area contributed by atoms with Crippen LogP contribution in [0, 0.1) is 0 Å². The minimum absolute atomic E-state index is 0.0905. The van der Waals surface area contributed by atoms with E-state index in [1.54, 1.807) is 31.2 Å². The van der Waals surface area contributed by atoms with Gasteiger partial charge in [-0.25, -0.2) is 9.78 Å². The van der Waals surface area contributed by atoms with Gasteiger partial charge in [0, 0.05) is 12.7 Å². The number of carboxylic acid groups (broad SMARTS) is 1. The van der Waals surface area contributed by atoms with Gasteiger partial charge >= 0.3 is 5.97 Å². The fraction of sp³-hybridized carbons (Fsp3) is 0.143. The SMILES string of the molecule is COc1ccc(N(C)c2nc(Cl)ccc2C(=O)O)cc1. The summed E-state index contributed by atoms with van der Waals surface area (Å²) in [6, 6.07) is 10.1. The number of pyridine rings is 1. The van der Waals surface area contributed by atoms with Gasteiger partial charge in [0.25, 0.3) is 0 Å². The van der Waals surface area contributed by atoms with Crippen LogP contribution in [0.4, 0.5) is 11.5 Å². The topological polar surface area (TPSA) is 62.7 Å². The zero-order chi connectivity index (χ0) is 14.7. The number of hydrogen-bond donors (Lipinski definition) is 1. The van der Waals surface area contributed by atoms with E-state index in [1.165, 1.54) is 12.1 Å². The molecule has 0 bridgehead atoms. The van der Waals surface area contributed by atoms with E-state index in [1.807, 2.05) is 12.1 Å². The van der Waals surface area contributed by atoms with E-state index >= 15 is 0 Å². The first-order valence-electron chi connectivity index (χ1n) is 5.80. The molecular formula is C14H13ClN2O3. The molecule has 0 aliphatic carbocycles. The highest BCUT2D eigenvalue weighted by Gasteiger charge is 2.17. The predicted octanol–water partition coefficient (Wildman–Crippen LogP) is 3.21. The van der Waals surface area contributed by atoms with Crippen molar-refractivity contribution in [3.63, 3.8) is 0 Å². The van der Waals surface area contributed by atoms with Crippen molar-refractivity contribution in [2.24, 2.45) is 0 Å². The van der Waals surface area contributed by atoms with Crippen molar-refractivity contribution < 1.29 is 14.6 Å². The quantitative estimate of drug-likeness (QED) is 0.877. The lowest BCUT2D eigenvalue weighted by atomic mass is 10.2. The van der Waals surface area contributed by atoms with Gasteiger partial charge in [0.1, 0.15) is 22.3 Å². The van der Waals surface area contributed by atoms with Crippen molar-refractivity contribution in [2.75, 3.05) is 19.1 Å². The van der Waals surface area contributed by atoms with E-state index in [0.717, 1.165) is 11.4 Å². The zero-order valence-electron chi connectivity index (χ0n) is 11.0. The third kappa shape index (κ3) is 2.83. The molecule has 2 rings (SSSR count). The Labute approximate surface area is 121 Å². The number of aromatic nitrogens is 1. The van der Waals surface area contributed by atoms with E-state index in [0.29, 0.717) is 0 Å². The van der Waals surface area contributed by atoms with Crippen LogP contribution in [0.2, 0.25) is 5.15 Å². The molecule has 1 aromatic heterocycles. The Kier molecular flexibility index (Phi) is 4.10. The molecule has 1 heterocycles. The second kappa shape index (κ2) is 5.79. The standard InChI is InChI=1S/C14H13ClN2O3/c1-17(9-3-5-10(20-2)6-4-9)13-11(14(18)19)7-8-12(15)16-13/h3-8H,1-2H3,(H,18,19). The van der Waals surface area contributed by atoms with E-state index in [9.17, 15) is 9.90 Å². The number of hydrogen-bond acceptors (Lipinski definition) is 4. The molecule has 0 radical (unpaired) electrons.